The van der Waals surface area contributed by atoms with Crippen LogP contribution in [0.3, 0.4) is 0 Å². The highest BCUT2D eigenvalue weighted by Crippen LogP contribution is 2.28. The number of carbonyl (C=O) groups is 1. The molecule has 8 heteroatoms. The van der Waals surface area contributed by atoms with E-state index in [0.29, 0.717) is 28.2 Å². The van der Waals surface area contributed by atoms with Crippen LogP contribution in [-0.4, -0.2) is 29.7 Å². The summed E-state index contributed by atoms with van der Waals surface area (Å²) in [6.07, 6.45) is 0. The lowest BCUT2D eigenvalue weighted by Crippen LogP contribution is -2.26. The first-order valence-corrected chi connectivity index (χ1v) is 7.42. The van der Waals surface area contributed by atoms with E-state index in [1.54, 1.807) is 18.2 Å². The van der Waals surface area contributed by atoms with Gasteiger partial charge in [-0.2, -0.15) is 0 Å². The third-order valence-corrected chi connectivity index (χ3v) is 3.72. The molecule has 0 saturated heterocycles. The first-order valence-electron chi connectivity index (χ1n) is 7.42. The van der Waals surface area contributed by atoms with Gasteiger partial charge in [0.25, 0.3) is 0 Å². The van der Waals surface area contributed by atoms with Crippen molar-refractivity contribution in [1.82, 2.24) is 9.55 Å². The summed E-state index contributed by atoms with van der Waals surface area (Å²) >= 11 is 0. The number of methoxy groups -OCH3 is 2. The number of anilines is 1. The molecule has 3 rings (SSSR count). The van der Waals surface area contributed by atoms with Gasteiger partial charge in [0.2, 0.25) is 5.91 Å². The number of nitrogens with zero attached hydrogens (tertiary/aromatic N) is 1. The molecule has 3 aromatic rings. The van der Waals surface area contributed by atoms with Crippen LogP contribution in [0.5, 0.6) is 11.5 Å². The second-order valence-electron chi connectivity index (χ2n) is 5.29. The van der Waals surface area contributed by atoms with Crippen molar-refractivity contribution in [1.29, 1.82) is 0 Å². The molecule has 0 atom stereocenters. The topological polar surface area (TPSA) is 85.3 Å². The van der Waals surface area contributed by atoms with Crippen molar-refractivity contribution < 1.29 is 18.7 Å². The molecule has 1 aromatic heterocycles. The van der Waals surface area contributed by atoms with Crippen LogP contribution in [0.25, 0.3) is 11.0 Å². The maximum absolute atomic E-state index is 13.2. The first kappa shape index (κ1) is 16.6. The van der Waals surface area contributed by atoms with E-state index < -0.39 is 17.4 Å². The van der Waals surface area contributed by atoms with E-state index in [-0.39, 0.29) is 6.54 Å². The molecule has 1 amide bonds. The molecule has 2 N–H and O–H groups in total. The van der Waals surface area contributed by atoms with Gasteiger partial charge in [0.15, 0.2) is 0 Å². The molecule has 0 aliphatic rings. The number of hydrogen-bond donors (Lipinski definition) is 2. The Kier molecular flexibility index (Phi) is 4.42. The molecule has 130 valence electrons. The van der Waals surface area contributed by atoms with Crippen LogP contribution >= 0.6 is 0 Å². The molecule has 2 aromatic carbocycles. The maximum Gasteiger partial charge on any atom is 0.326 e. The van der Waals surface area contributed by atoms with Crippen LogP contribution in [0.2, 0.25) is 0 Å². The number of aromatic amines is 1. The quantitative estimate of drug-likeness (QED) is 0.742. The number of halogens is 1. The largest absolute Gasteiger partial charge is 0.497 e. The Labute approximate surface area is 142 Å². The molecule has 0 spiro atoms. The van der Waals surface area contributed by atoms with Gasteiger partial charge in [0.1, 0.15) is 23.9 Å². The Hall–Kier alpha value is -3.29. The number of hydrogen-bond acceptors (Lipinski definition) is 4. The molecule has 0 radical (unpaired) electrons. The van der Waals surface area contributed by atoms with E-state index in [1.807, 2.05) is 0 Å². The number of H-pyrrole nitrogens is 1. The minimum Gasteiger partial charge on any atom is -0.497 e. The van der Waals surface area contributed by atoms with Gasteiger partial charge in [-0.3, -0.25) is 9.36 Å². The molecule has 0 bridgehead atoms. The summed E-state index contributed by atoms with van der Waals surface area (Å²) < 4.78 is 24.8. The zero-order valence-corrected chi connectivity index (χ0v) is 13.6. The predicted octanol–water partition coefficient (Wildman–Crippen LogP) is 2.12. The zero-order valence-electron chi connectivity index (χ0n) is 13.6. The fourth-order valence-electron chi connectivity index (χ4n) is 2.54. The highest BCUT2D eigenvalue weighted by Gasteiger charge is 2.13. The molecular weight excluding hydrogens is 329 g/mol. The standard InChI is InChI=1S/C17H16FN3O4/c1-24-11-4-6-15(25-2)13(8-11)19-16(22)9-21-14-5-3-10(18)7-12(14)20-17(21)23/h3-8H,9H2,1-2H3,(H,19,22)(H,20,23). The van der Waals surface area contributed by atoms with Crippen molar-refractivity contribution in [2.75, 3.05) is 19.5 Å². The van der Waals surface area contributed by atoms with Crippen molar-refractivity contribution in [3.8, 4) is 11.5 Å². The summed E-state index contributed by atoms with van der Waals surface area (Å²) in [5.74, 6) is 0.115. The SMILES string of the molecule is COc1ccc(OC)c(NC(=O)Cn2c(=O)[nH]c3cc(F)ccc32)c1. The molecule has 0 aliphatic carbocycles. The summed E-state index contributed by atoms with van der Waals surface area (Å²) in [5.41, 5.74) is 0.704. The average molecular weight is 345 g/mol. The highest BCUT2D eigenvalue weighted by molar-refractivity contribution is 5.93. The Morgan fingerprint density at radius 2 is 2.00 bits per heavy atom. The molecule has 0 saturated carbocycles. The predicted molar refractivity (Wildman–Crippen MR) is 90.7 cm³/mol. The van der Waals surface area contributed by atoms with Crippen molar-refractivity contribution >= 4 is 22.6 Å². The van der Waals surface area contributed by atoms with Gasteiger partial charge in [-0.15, -0.1) is 0 Å². The Morgan fingerprint density at radius 1 is 1.20 bits per heavy atom. The van der Waals surface area contributed by atoms with Crippen LogP contribution in [0.1, 0.15) is 0 Å². The van der Waals surface area contributed by atoms with Crippen molar-refractivity contribution in [3.05, 3.63) is 52.7 Å². The fourth-order valence-corrected chi connectivity index (χ4v) is 2.54. The molecule has 1 heterocycles. The zero-order chi connectivity index (χ0) is 18.0. The van der Waals surface area contributed by atoms with Crippen LogP contribution < -0.4 is 20.5 Å². The van der Waals surface area contributed by atoms with Crippen molar-refractivity contribution in [3.63, 3.8) is 0 Å². The maximum atomic E-state index is 13.2. The number of fused-ring (bicyclic) bond motifs is 1. The summed E-state index contributed by atoms with van der Waals surface area (Å²) in [5, 5.41) is 2.69. The summed E-state index contributed by atoms with van der Waals surface area (Å²) in [6.45, 7) is -0.231. The van der Waals surface area contributed by atoms with Gasteiger partial charge in [0, 0.05) is 6.07 Å². The van der Waals surface area contributed by atoms with Crippen LogP contribution in [0.15, 0.2) is 41.2 Å². The number of aromatic nitrogens is 2. The number of rotatable bonds is 5. The van der Waals surface area contributed by atoms with E-state index in [0.717, 1.165) is 0 Å². The Bertz CT molecular complexity index is 993. The molecule has 0 aliphatic heterocycles. The summed E-state index contributed by atoms with van der Waals surface area (Å²) in [6, 6.07) is 8.86. The molecule has 25 heavy (non-hydrogen) atoms. The van der Waals surface area contributed by atoms with Gasteiger partial charge in [-0.05, 0) is 30.3 Å². The van der Waals surface area contributed by atoms with E-state index in [4.69, 9.17) is 9.47 Å². The van der Waals surface area contributed by atoms with Crippen LogP contribution in [0.4, 0.5) is 10.1 Å². The number of nitrogens with one attached hydrogen (secondary N) is 2. The number of ether oxygens (including phenoxy) is 2. The number of imidazole rings is 1. The van der Waals surface area contributed by atoms with Gasteiger partial charge in [-0.25, -0.2) is 9.18 Å². The van der Waals surface area contributed by atoms with Gasteiger partial charge in [-0.1, -0.05) is 0 Å². The third-order valence-electron chi connectivity index (χ3n) is 3.72. The Balaban J connectivity index is 1.86. The molecule has 0 fully saturated rings. The van der Waals surface area contributed by atoms with E-state index in [2.05, 4.69) is 10.3 Å². The lowest BCUT2D eigenvalue weighted by molar-refractivity contribution is -0.116. The van der Waals surface area contributed by atoms with Crippen LogP contribution in [0, 0.1) is 5.82 Å². The Morgan fingerprint density at radius 3 is 2.72 bits per heavy atom. The number of benzene rings is 2. The summed E-state index contributed by atoms with van der Waals surface area (Å²) in [7, 11) is 2.99. The minimum atomic E-state index is -0.492. The lowest BCUT2D eigenvalue weighted by Gasteiger charge is -2.12. The second kappa shape index (κ2) is 6.68. The van der Waals surface area contributed by atoms with Gasteiger partial charge >= 0.3 is 5.69 Å². The van der Waals surface area contributed by atoms with Gasteiger partial charge in [0.05, 0.1) is 30.9 Å². The van der Waals surface area contributed by atoms with Crippen molar-refractivity contribution in [2.45, 2.75) is 6.54 Å². The molecule has 0 unspecified atom stereocenters. The van der Waals surface area contributed by atoms with E-state index >= 15 is 0 Å². The van der Waals surface area contributed by atoms with E-state index in [1.165, 1.54) is 37.0 Å². The second-order valence-corrected chi connectivity index (χ2v) is 5.29. The highest BCUT2D eigenvalue weighted by atomic mass is 19.1. The monoisotopic (exact) mass is 345 g/mol. The number of carbonyl (C=O) groups excluding carboxylic acids is 1. The molecule has 7 nitrogen and oxygen atoms in total. The molecular formula is C17H16FN3O4. The lowest BCUT2D eigenvalue weighted by atomic mass is 10.2. The third kappa shape index (κ3) is 3.32. The summed E-state index contributed by atoms with van der Waals surface area (Å²) in [4.78, 5) is 26.9. The smallest absolute Gasteiger partial charge is 0.326 e. The first-order chi connectivity index (χ1) is 12.0. The van der Waals surface area contributed by atoms with E-state index in [9.17, 15) is 14.0 Å². The van der Waals surface area contributed by atoms with Crippen LogP contribution in [-0.2, 0) is 11.3 Å². The van der Waals surface area contributed by atoms with Crippen molar-refractivity contribution in [2.24, 2.45) is 0 Å². The minimum absolute atomic E-state index is 0.231. The normalized spacial score (nSPS) is 10.7. The number of amides is 1. The average Bonchev–Trinajstić information content (AvgIpc) is 2.89. The van der Waals surface area contributed by atoms with Gasteiger partial charge < -0.3 is 19.8 Å². The fraction of sp³-hybridized carbons (Fsp3) is 0.176.